The number of nitrogens with zero attached hydrogens (tertiary/aromatic N) is 1. The maximum Gasteiger partial charge on any atom is 0.408 e. The van der Waals surface area contributed by atoms with E-state index in [1.54, 1.807) is 25.7 Å². The number of carbonyl (C=O) groups is 3. The molecule has 7 heteroatoms. The zero-order chi connectivity index (χ0) is 30.6. The topological polar surface area (TPSA) is 87.7 Å². The van der Waals surface area contributed by atoms with E-state index >= 15 is 0 Å². The highest BCUT2D eigenvalue weighted by Gasteiger charge is 2.36. The predicted octanol–water partition coefficient (Wildman–Crippen LogP) is 7.59. The van der Waals surface area contributed by atoms with E-state index in [0.717, 1.165) is 48.8 Å². The summed E-state index contributed by atoms with van der Waals surface area (Å²) in [4.78, 5) is 43.0. The van der Waals surface area contributed by atoms with Crippen LogP contribution in [0.25, 0.3) is 0 Å². The van der Waals surface area contributed by atoms with Gasteiger partial charge in [0.2, 0.25) is 5.91 Å². The summed E-state index contributed by atoms with van der Waals surface area (Å²) in [5.74, 6) is -0.442. The van der Waals surface area contributed by atoms with Crippen LogP contribution in [0.15, 0.2) is 48.5 Å². The van der Waals surface area contributed by atoms with E-state index in [9.17, 15) is 14.4 Å². The lowest BCUT2D eigenvalue weighted by atomic mass is 9.97. The number of aryl methyl sites for hydroxylation is 2. The van der Waals surface area contributed by atoms with Crippen LogP contribution in [0.2, 0.25) is 0 Å². The summed E-state index contributed by atoms with van der Waals surface area (Å²) in [7, 11) is 0. The van der Waals surface area contributed by atoms with Gasteiger partial charge < -0.3 is 20.3 Å². The van der Waals surface area contributed by atoms with Crippen molar-refractivity contribution in [3.8, 4) is 0 Å². The van der Waals surface area contributed by atoms with Gasteiger partial charge >= 0.3 is 6.09 Å². The normalized spacial score (nSPS) is 12.9. The molecule has 41 heavy (non-hydrogen) atoms. The van der Waals surface area contributed by atoms with Crippen LogP contribution in [-0.2, 0) is 20.7 Å². The predicted molar refractivity (Wildman–Crippen MR) is 167 cm³/mol. The van der Waals surface area contributed by atoms with Crippen molar-refractivity contribution < 1.29 is 19.1 Å². The number of amides is 3. The molecule has 7 nitrogen and oxygen atoms in total. The minimum atomic E-state index is -0.871. The van der Waals surface area contributed by atoms with E-state index < -0.39 is 23.8 Å². The SMILES string of the molecule is CCCCCCN(C(=O)C(CC(C)C)NC(=O)OC(C)(C)C)C(C(=O)Nc1ccccc1C)c1ccc(CC)cc1. The summed E-state index contributed by atoms with van der Waals surface area (Å²) in [5.41, 5.74) is 2.82. The molecule has 2 N–H and O–H groups in total. The Morgan fingerprint density at radius 1 is 0.927 bits per heavy atom. The van der Waals surface area contributed by atoms with Crippen molar-refractivity contribution in [2.75, 3.05) is 11.9 Å². The first-order chi connectivity index (χ1) is 19.4. The number of hydrogen-bond donors (Lipinski definition) is 2. The van der Waals surface area contributed by atoms with Crippen molar-refractivity contribution in [2.45, 2.75) is 112 Å². The van der Waals surface area contributed by atoms with Crippen LogP contribution in [0.4, 0.5) is 10.5 Å². The molecule has 0 saturated heterocycles. The molecule has 0 aliphatic carbocycles. The third-order valence-corrected chi connectivity index (χ3v) is 6.90. The molecule has 2 aromatic carbocycles. The number of anilines is 1. The minimum absolute atomic E-state index is 0.129. The molecule has 3 amide bonds. The number of hydrogen-bond acceptors (Lipinski definition) is 4. The Morgan fingerprint density at radius 3 is 2.15 bits per heavy atom. The smallest absolute Gasteiger partial charge is 0.408 e. The molecule has 0 fully saturated rings. The number of unbranched alkanes of at least 4 members (excludes halogenated alkanes) is 3. The third-order valence-electron chi connectivity index (χ3n) is 6.90. The maximum absolute atomic E-state index is 14.4. The van der Waals surface area contributed by atoms with E-state index in [1.807, 2.05) is 69.3 Å². The third kappa shape index (κ3) is 11.2. The highest BCUT2D eigenvalue weighted by atomic mass is 16.6. The fourth-order valence-electron chi connectivity index (χ4n) is 4.74. The van der Waals surface area contributed by atoms with E-state index in [1.165, 1.54) is 0 Å². The number of carbonyl (C=O) groups excluding carboxylic acids is 3. The fourth-order valence-corrected chi connectivity index (χ4v) is 4.74. The minimum Gasteiger partial charge on any atom is -0.444 e. The Balaban J connectivity index is 2.56. The first kappa shape index (κ1) is 33.9. The van der Waals surface area contributed by atoms with Gasteiger partial charge in [-0.3, -0.25) is 9.59 Å². The van der Waals surface area contributed by atoms with Crippen LogP contribution in [0.3, 0.4) is 0 Å². The molecule has 2 aromatic rings. The molecule has 0 radical (unpaired) electrons. The average Bonchev–Trinajstić information content (AvgIpc) is 2.89. The Labute approximate surface area is 247 Å². The lowest BCUT2D eigenvalue weighted by molar-refractivity contribution is -0.141. The molecule has 0 saturated carbocycles. The van der Waals surface area contributed by atoms with Crippen molar-refractivity contribution in [1.82, 2.24) is 10.2 Å². The van der Waals surface area contributed by atoms with Crippen LogP contribution in [0.5, 0.6) is 0 Å². The number of rotatable bonds is 14. The van der Waals surface area contributed by atoms with Crippen LogP contribution in [0, 0.1) is 12.8 Å². The number of ether oxygens (including phenoxy) is 1. The fraction of sp³-hybridized carbons (Fsp3) is 0.559. The van der Waals surface area contributed by atoms with Crippen molar-refractivity contribution >= 4 is 23.6 Å². The van der Waals surface area contributed by atoms with Gasteiger partial charge in [-0.2, -0.15) is 0 Å². The Kier molecular flexibility index (Phi) is 13.4. The molecule has 0 bridgehead atoms. The highest BCUT2D eigenvalue weighted by molar-refractivity contribution is 5.99. The largest absolute Gasteiger partial charge is 0.444 e. The van der Waals surface area contributed by atoms with Crippen molar-refractivity contribution in [3.63, 3.8) is 0 Å². The van der Waals surface area contributed by atoms with E-state index in [0.29, 0.717) is 18.7 Å². The van der Waals surface area contributed by atoms with Gasteiger partial charge in [-0.15, -0.1) is 0 Å². The highest BCUT2D eigenvalue weighted by Crippen LogP contribution is 2.27. The first-order valence-corrected chi connectivity index (χ1v) is 15.1. The first-order valence-electron chi connectivity index (χ1n) is 15.1. The summed E-state index contributed by atoms with van der Waals surface area (Å²) in [5, 5.41) is 5.91. The molecule has 226 valence electrons. The van der Waals surface area contributed by atoms with Gasteiger partial charge in [0.1, 0.15) is 17.7 Å². The van der Waals surface area contributed by atoms with Gasteiger partial charge in [0.05, 0.1) is 0 Å². The zero-order valence-electron chi connectivity index (χ0n) is 26.4. The van der Waals surface area contributed by atoms with Crippen molar-refractivity contribution in [3.05, 3.63) is 65.2 Å². The molecular weight excluding hydrogens is 514 g/mol. The summed E-state index contributed by atoms with van der Waals surface area (Å²) in [6, 6.07) is 13.8. The molecule has 0 aromatic heterocycles. The molecule has 0 aliphatic rings. The van der Waals surface area contributed by atoms with Gasteiger partial charge in [-0.1, -0.05) is 89.4 Å². The van der Waals surface area contributed by atoms with Crippen LogP contribution >= 0.6 is 0 Å². The summed E-state index contributed by atoms with van der Waals surface area (Å²) >= 11 is 0. The molecule has 2 rings (SSSR count). The number of para-hydroxylation sites is 1. The standard InChI is InChI=1S/C34H51N3O4/c1-9-11-12-15-22-37(32(39)29(23-24(3)4)36-33(40)41-34(6,7)8)30(27-20-18-26(10-2)19-21-27)31(38)35-28-17-14-13-16-25(28)5/h13-14,16-21,24,29-30H,9-12,15,22-23H2,1-8H3,(H,35,38)(H,36,40). The van der Waals surface area contributed by atoms with Gasteiger partial charge in [-0.25, -0.2) is 4.79 Å². The lowest BCUT2D eigenvalue weighted by Crippen LogP contribution is -2.53. The molecule has 0 spiro atoms. The average molecular weight is 566 g/mol. The van der Waals surface area contributed by atoms with Gasteiger partial charge in [-0.05, 0) is 75.6 Å². The summed E-state index contributed by atoms with van der Waals surface area (Å²) in [6.45, 7) is 15.9. The molecule has 0 aliphatic heterocycles. The number of benzene rings is 2. The monoisotopic (exact) mass is 565 g/mol. The van der Waals surface area contributed by atoms with Crippen LogP contribution < -0.4 is 10.6 Å². The lowest BCUT2D eigenvalue weighted by Gasteiger charge is -2.35. The molecule has 2 unspecified atom stereocenters. The van der Waals surface area contributed by atoms with E-state index in [4.69, 9.17) is 4.74 Å². The van der Waals surface area contributed by atoms with Crippen LogP contribution in [-0.4, -0.2) is 41.0 Å². The number of nitrogens with one attached hydrogen (secondary N) is 2. The maximum atomic E-state index is 14.4. The molecule has 0 heterocycles. The van der Waals surface area contributed by atoms with Crippen molar-refractivity contribution in [1.29, 1.82) is 0 Å². The Hall–Kier alpha value is -3.35. The van der Waals surface area contributed by atoms with Crippen LogP contribution in [0.1, 0.15) is 103 Å². The summed E-state index contributed by atoms with van der Waals surface area (Å²) in [6.07, 6.45) is 4.44. The summed E-state index contributed by atoms with van der Waals surface area (Å²) < 4.78 is 5.50. The second-order valence-corrected chi connectivity index (χ2v) is 12.2. The molecular formula is C34H51N3O4. The zero-order valence-corrected chi connectivity index (χ0v) is 26.4. The van der Waals surface area contributed by atoms with E-state index in [2.05, 4.69) is 24.5 Å². The van der Waals surface area contributed by atoms with Gasteiger partial charge in [0.25, 0.3) is 5.91 Å². The quantitative estimate of drug-likeness (QED) is 0.231. The molecule has 2 atom stereocenters. The Morgan fingerprint density at radius 2 is 1.59 bits per heavy atom. The second-order valence-electron chi connectivity index (χ2n) is 12.2. The van der Waals surface area contributed by atoms with Crippen molar-refractivity contribution in [2.24, 2.45) is 5.92 Å². The Bertz CT molecular complexity index is 1120. The number of alkyl carbamates (subject to hydrolysis) is 1. The van der Waals surface area contributed by atoms with Gasteiger partial charge in [0.15, 0.2) is 0 Å². The van der Waals surface area contributed by atoms with Gasteiger partial charge in [0, 0.05) is 12.2 Å². The second kappa shape index (κ2) is 16.2. The van der Waals surface area contributed by atoms with E-state index in [-0.39, 0.29) is 17.7 Å².